The number of methoxy groups -OCH3 is 2. The molecular weight excluding hydrogens is 871 g/mol. The smallest absolute Gasteiger partial charge is 0.324 e. The summed E-state index contributed by atoms with van der Waals surface area (Å²) < 4.78 is 12.4. The van der Waals surface area contributed by atoms with E-state index in [1.165, 1.54) is 238 Å². The number of carbonyl (C=O) groups excluding carboxylic acids is 2. The van der Waals surface area contributed by atoms with Crippen LogP contribution in [0.15, 0.2) is 0 Å². The van der Waals surface area contributed by atoms with Gasteiger partial charge >= 0.3 is 11.9 Å². The van der Waals surface area contributed by atoms with Crippen LogP contribution in [0.1, 0.15) is 22.3 Å². The van der Waals surface area contributed by atoms with Crippen molar-refractivity contribution >= 4 is 303 Å². The highest BCUT2D eigenvalue weighted by molar-refractivity contribution is 6.82. The van der Waals surface area contributed by atoms with E-state index in [2.05, 4.69) is 5.32 Å². The molecule has 71 heavy (non-hydrogen) atoms. The number of carbonyl (C=O) groups is 2. The predicted octanol–water partition coefficient (Wildman–Crippen LogP) is 15.0. The van der Waals surface area contributed by atoms with Gasteiger partial charge in [0.2, 0.25) is 0 Å². The van der Waals surface area contributed by atoms with E-state index in [1.807, 2.05) is 0 Å². The third-order valence-electron chi connectivity index (χ3n) is 25.5. The fourth-order valence-corrected chi connectivity index (χ4v) is 25.5. The second-order valence-corrected chi connectivity index (χ2v) is 25.4. The molecule has 0 amide bonds. The highest BCUT2D eigenvalue weighted by atomic mass is 16.5. The van der Waals surface area contributed by atoms with Gasteiger partial charge in [-0.3, -0.25) is 14.9 Å². The van der Waals surface area contributed by atoms with Crippen LogP contribution in [0.3, 0.4) is 0 Å². The van der Waals surface area contributed by atoms with Crippen molar-refractivity contribution in [2.24, 2.45) is 0 Å². The Balaban J connectivity index is 1.20. The second kappa shape index (κ2) is 6.04. The standard InChI is InChI=1S/C66H9NO4/c1-70-63(68)61-65-57-49-41-31-21-13-5-3-4-7-11-9(5)17-25-19(11)29-23-15(7)16-8(4)12-10-6(3)14(13)22-28-18(10)26-20(12)30-24(16)34-33(23)43-37(29)47-39(25)45(35(41)27(17)21)53(57)55(47)59-51(43)52-44(34)38(30)48-40(26)46-36(28)42(32(22)31)50(49)58(65)54(46)56(48)60(52)66(59,65)62(67-61)64(69)71-2/h61-62,67H,1-2H3/t61-,62-,65?,66?/m0/s1. The summed E-state index contributed by atoms with van der Waals surface area (Å²) >= 11 is 0. The zero-order valence-electron chi connectivity index (χ0n) is 36.3. The Labute approximate surface area is 384 Å². The normalized spacial score (nSPS) is 24.4. The third kappa shape index (κ3) is 1.40. The van der Waals surface area contributed by atoms with Crippen LogP contribution in [0.2, 0.25) is 0 Å². The Kier molecular flexibility index (Phi) is 2.29. The first-order chi connectivity index (χ1) is 35.2. The van der Waals surface area contributed by atoms with Gasteiger partial charge < -0.3 is 9.47 Å². The largest absolute Gasteiger partial charge is 0.468 e. The average molecular weight is 880 g/mol. The molecule has 302 valence electrons. The Morgan fingerprint density at radius 2 is 0.352 bits per heavy atom. The van der Waals surface area contributed by atoms with Crippen LogP contribution in [0.25, 0.3) is 291 Å². The van der Waals surface area contributed by atoms with Crippen molar-refractivity contribution in [3.8, 4) is 0 Å². The molecule has 0 saturated carbocycles. The second-order valence-electron chi connectivity index (χ2n) is 25.4. The van der Waals surface area contributed by atoms with Gasteiger partial charge in [0.1, 0.15) is 12.1 Å². The molecule has 2 spiro atoms. The van der Waals surface area contributed by atoms with Crippen molar-refractivity contribution in [2.75, 3.05) is 14.2 Å². The minimum absolute atomic E-state index is 0.284. The SMILES string of the molecule is COC(=O)[C@@H]1N[C@@H](C(=O)OC)C23c4c5c6c7c8c9c(c%10c%11c2c2c4c4c%12c5c5c6c6c8c8c%13c9c9c%10c%10c%11c%11c2c2c4c4c%12c%12c5c5c6c8c6c8c%13c9c9c%10c%10c%11c2c2c4c4c%12c5c6c5c8c9c%10c2c45)C713. The third-order valence-corrected chi connectivity index (χ3v) is 25.5. The van der Waals surface area contributed by atoms with Crippen LogP contribution in [-0.4, -0.2) is 38.2 Å². The molecule has 5 heteroatoms. The summed E-state index contributed by atoms with van der Waals surface area (Å²) in [7, 11) is 3.15. The van der Waals surface area contributed by atoms with E-state index in [0.717, 1.165) is 0 Å². The van der Waals surface area contributed by atoms with Crippen LogP contribution in [-0.2, 0) is 29.9 Å². The monoisotopic (exact) mass is 879 g/mol. The van der Waals surface area contributed by atoms with E-state index < -0.39 is 22.9 Å². The summed E-state index contributed by atoms with van der Waals surface area (Å²) in [6.45, 7) is 0. The maximum atomic E-state index is 15.8. The van der Waals surface area contributed by atoms with Crippen molar-refractivity contribution in [2.45, 2.75) is 22.9 Å². The number of esters is 2. The van der Waals surface area contributed by atoms with Gasteiger partial charge in [-0.2, -0.15) is 0 Å². The van der Waals surface area contributed by atoms with E-state index in [1.54, 1.807) is 89.6 Å². The average Bonchev–Trinajstić information content (AvgIpc) is 4.35. The maximum absolute atomic E-state index is 15.8. The summed E-state index contributed by atoms with van der Waals surface area (Å²) in [4.78, 5) is 31.5. The van der Waals surface area contributed by atoms with E-state index >= 15 is 9.59 Å². The quantitative estimate of drug-likeness (QED) is 0.138. The van der Waals surface area contributed by atoms with Gasteiger partial charge in [-0.1, -0.05) is 0 Å². The van der Waals surface area contributed by atoms with Crippen LogP contribution in [0.5, 0.6) is 0 Å². The molecule has 5 nitrogen and oxygen atoms in total. The minimum atomic E-state index is -0.996. The molecule has 0 unspecified atom stereocenters. The van der Waals surface area contributed by atoms with Crippen molar-refractivity contribution < 1.29 is 19.1 Å². The molecule has 5 aliphatic rings. The van der Waals surface area contributed by atoms with Crippen molar-refractivity contribution in [1.82, 2.24) is 5.32 Å². The zero-order valence-corrected chi connectivity index (χ0v) is 36.3. The first kappa shape index (κ1) is 26.9. The molecule has 1 saturated heterocycles. The molecular formula is C66H9NO4. The first-order valence-corrected chi connectivity index (χ1v) is 25.9. The van der Waals surface area contributed by atoms with Gasteiger partial charge in [-0.25, -0.2) is 0 Å². The predicted molar refractivity (Wildman–Crippen MR) is 289 cm³/mol. The Morgan fingerprint density at radius 1 is 0.239 bits per heavy atom. The van der Waals surface area contributed by atoms with Crippen molar-refractivity contribution in [3.63, 3.8) is 0 Å². The lowest BCUT2D eigenvalue weighted by atomic mass is 9.46. The number of rotatable bonds is 2. The fourth-order valence-electron chi connectivity index (χ4n) is 25.5. The van der Waals surface area contributed by atoms with Gasteiger partial charge in [0.15, 0.2) is 0 Å². The highest BCUT2D eigenvalue weighted by Gasteiger charge is 2.80. The molecule has 4 aliphatic carbocycles. The number of hydrogen-bond acceptors (Lipinski definition) is 5. The molecule has 1 aliphatic heterocycles. The van der Waals surface area contributed by atoms with Gasteiger partial charge in [0.05, 0.1) is 25.0 Å². The highest BCUT2D eigenvalue weighted by Crippen LogP contribution is 2.86. The van der Waals surface area contributed by atoms with Crippen LogP contribution >= 0.6 is 0 Å². The van der Waals surface area contributed by atoms with E-state index in [-0.39, 0.29) is 11.9 Å². The Hall–Kier alpha value is -8.64. The first-order valence-electron chi connectivity index (χ1n) is 25.9. The Bertz CT molecular complexity index is 6710. The summed E-state index contributed by atoms with van der Waals surface area (Å²) in [6, 6.07) is -1.68. The van der Waals surface area contributed by atoms with E-state index in [0.29, 0.717) is 0 Å². The van der Waals surface area contributed by atoms with Crippen LogP contribution in [0.4, 0.5) is 0 Å². The topological polar surface area (TPSA) is 64.6 Å². The number of hydrogen-bond donors (Lipinski definition) is 1. The van der Waals surface area contributed by atoms with Gasteiger partial charge in [-0.15, -0.1) is 0 Å². The van der Waals surface area contributed by atoms with E-state index in [9.17, 15) is 0 Å². The lowest BCUT2D eigenvalue weighted by Gasteiger charge is -2.52. The number of ether oxygens (including phenoxy) is 2. The minimum Gasteiger partial charge on any atom is -0.468 e. The van der Waals surface area contributed by atoms with Crippen molar-refractivity contribution in [1.29, 1.82) is 0 Å². The molecule has 2 atom stereocenters. The van der Waals surface area contributed by atoms with Crippen molar-refractivity contribution in [3.05, 3.63) is 22.3 Å². The lowest BCUT2D eigenvalue weighted by Crippen LogP contribution is -2.59. The summed E-state index contributed by atoms with van der Waals surface area (Å²) in [5.74, 6) is -0.568. The summed E-state index contributed by atoms with van der Waals surface area (Å²) in [6.07, 6.45) is 0. The molecule has 1 fully saturated rings. The lowest BCUT2D eigenvalue weighted by molar-refractivity contribution is -0.144. The number of nitrogens with one attached hydrogen (secondary N) is 1. The maximum Gasteiger partial charge on any atom is 0.324 e. The molecule has 0 aromatic heterocycles. The van der Waals surface area contributed by atoms with E-state index in [4.69, 9.17) is 9.47 Å². The fraction of sp³-hybridized carbons (Fsp3) is 0.0909. The molecule has 0 radical (unpaired) electrons. The molecule has 1 N–H and O–H groups in total. The zero-order chi connectivity index (χ0) is 42.9. The molecule has 0 bridgehead atoms. The summed E-state index contributed by atoms with van der Waals surface area (Å²) in [5, 5.41) is 84.6. The van der Waals surface area contributed by atoms with Gasteiger partial charge in [-0.05, 0) is 313 Å². The molecule has 1 heterocycles. The van der Waals surface area contributed by atoms with Gasteiger partial charge in [0.25, 0.3) is 0 Å². The molecule has 28 aromatic rings. The Morgan fingerprint density at radius 3 is 0.465 bits per heavy atom. The van der Waals surface area contributed by atoms with Crippen LogP contribution in [0, 0.1) is 0 Å². The summed E-state index contributed by atoms with van der Waals surface area (Å²) in [5.41, 5.74) is 3.29. The van der Waals surface area contributed by atoms with Gasteiger partial charge in [0, 0.05) is 0 Å². The molecule has 28 aromatic carbocycles. The number of benzene rings is 18. The van der Waals surface area contributed by atoms with Crippen LogP contribution < -0.4 is 5.32 Å². The molecule has 33 rings (SSSR count).